The lowest BCUT2D eigenvalue weighted by molar-refractivity contribution is 0.629. The Balaban J connectivity index is 1.45. The first-order valence-electron chi connectivity index (χ1n) is 11.0. The Morgan fingerprint density at radius 1 is 1.21 bits per heavy atom. The number of aromatic nitrogens is 4. The summed E-state index contributed by atoms with van der Waals surface area (Å²) in [5, 5.41) is 4.76. The molecule has 2 aromatic carbocycles. The van der Waals surface area contributed by atoms with Crippen molar-refractivity contribution in [3.8, 4) is 5.13 Å². The molecule has 8 heteroatoms. The molecule has 0 aliphatic heterocycles. The molecular weight excluding hydrogens is 437 g/mol. The average Bonchev–Trinajstić information content (AvgIpc) is 3.49. The summed E-state index contributed by atoms with van der Waals surface area (Å²) in [6.45, 7) is 4.47. The van der Waals surface area contributed by atoms with E-state index >= 15 is 0 Å². The fourth-order valence-electron chi connectivity index (χ4n) is 4.16. The van der Waals surface area contributed by atoms with E-state index in [1.165, 1.54) is 22.1 Å². The van der Waals surface area contributed by atoms with Crippen molar-refractivity contribution < 1.29 is 4.39 Å². The number of fused-ring (bicyclic) bond motifs is 2. The molecule has 0 unspecified atom stereocenters. The van der Waals surface area contributed by atoms with Gasteiger partial charge in [-0.15, -0.1) is 0 Å². The Kier molecular flexibility index (Phi) is 5.68. The highest BCUT2D eigenvalue weighted by Crippen LogP contribution is 2.24. The molecule has 5 rings (SSSR count). The van der Waals surface area contributed by atoms with Gasteiger partial charge in [-0.2, -0.15) is 4.68 Å². The van der Waals surface area contributed by atoms with Gasteiger partial charge in [-0.3, -0.25) is 14.9 Å². The molecular formula is C25H24FN5OS. The minimum Gasteiger partial charge on any atom is -0.361 e. The van der Waals surface area contributed by atoms with E-state index < -0.39 is 0 Å². The Bertz CT molecular complexity index is 1500. The molecule has 6 nitrogen and oxygen atoms in total. The number of benzene rings is 2. The smallest absolute Gasteiger partial charge is 0.282 e. The first-order valence-corrected chi connectivity index (χ1v) is 11.8. The first kappa shape index (κ1) is 21.3. The molecule has 0 aliphatic carbocycles. The second kappa shape index (κ2) is 8.78. The molecule has 0 saturated carbocycles. The fourth-order valence-corrected chi connectivity index (χ4v) is 5.08. The molecule has 5 aromatic rings. The molecule has 0 amide bonds. The summed E-state index contributed by atoms with van der Waals surface area (Å²) in [5.74, 6) is -0.255. The van der Waals surface area contributed by atoms with Crippen LogP contribution in [-0.2, 0) is 12.8 Å². The maximum atomic E-state index is 13.7. The number of nitrogens with zero attached hydrogens (tertiary/aromatic N) is 3. The molecule has 33 heavy (non-hydrogen) atoms. The second-order valence-electron chi connectivity index (χ2n) is 8.04. The molecule has 0 saturated heterocycles. The third kappa shape index (κ3) is 4.02. The standard InChI is InChI=1S/C25H24FN5OS/c1-3-6-21-23(24(32)31(30-21)25-29-20-7-4-5-8-22(20)33-25)15(2)27-12-11-16-14-28-19-10-9-17(26)13-18(16)19/h4-5,7-10,13-14,28,30H,3,6,11-12H2,1-2H3. The van der Waals surface area contributed by atoms with Gasteiger partial charge in [-0.1, -0.05) is 36.8 Å². The number of rotatable bonds is 7. The normalized spacial score (nSPS) is 12.3. The topological polar surface area (TPSA) is 78.8 Å². The van der Waals surface area contributed by atoms with Crippen LogP contribution in [0.25, 0.3) is 26.3 Å². The molecule has 3 aromatic heterocycles. The van der Waals surface area contributed by atoms with Gasteiger partial charge < -0.3 is 4.98 Å². The van der Waals surface area contributed by atoms with Gasteiger partial charge in [0.15, 0.2) is 0 Å². The summed E-state index contributed by atoms with van der Waals surface area (Å²) in [4.78, 5) is 25.9. The number of H-pyrrole nitrogens is 2. The number of thiazole rings is 1. The molecule has 0 aliphatic rings. The highest BCUT2D eigenvalue weighted by Gasteiger charge is 2.19. The van der Waals surface area contributed by atoms with Crippen molar-refractivity contribution in [2.24, 2.45) is 4.99 Å². The van der Waals surface area contributed by atoms with Crippen LogP contribution >= 0.6 is 11.3 Å². The van der Waals surface area contributed by atoms with Crippen LogP contribution in [0.3, 0.4) is 0 Å². The number of nitrogens with one attached hydrogen (secondary N) is 2. The Hall–Kier alpha value is -3.52. The molecule has 0 fully saturated rings. The van der Waals surface area contributed by atoms with Crippen molar-refractivity contribution in [2.75, 3.05) is 6.54 Å². The van der Waals surface area contributed by atoms with Gasteiger partial charge >= 0.3 is 0 Å². The number of aryl methyl sites for hydroxylation is 1. The van der Waals surface area contributed by atoms with E-state index in [-0.39, 0.29) is 11.4 Å². The number of hydrogen-bond acceptors (Lipinski definition) is 4. The molecule has 168 valence electrons. The van der Waals surface area contributed by atoms with Gasteiger partial charge in [-0.25, -0.2) is 9.37 Å². The summed E-state index contributed by atoms with van der Waals surface area (Å²) in [6.07, 6.45) is 4.20. The van der Waals surface area contributed by atoms with Crippen LogP contribution < -0.4 is 5.56 Å². The van der Waals surface area contributed by atoms with Crippen LogP contribution in [0.4, 0.5) is 4.39 Å². The van der Waals surface area contributed by atoms with Crippen LogP contribution in [0.2, 0.25) is 0 Å². The van der Waals surface area contributed by atoms with E-state index in [0.29, 0.717) is 29.4 Å². The number of hydrogen-bond donors (Lipinski definition) is 2. The lowest BCUT2D eigenvalue weighted by Crippen LogP contribution is -2.20. The van der Waals surface area contributed by atoms with Gasteiger partial charge in [0.25, 0.3) is 5.56 Å². The molecule has 2 N–H and O–H groups in total. The summed E-state index contributed by atoms with van der Waals surface area (Å²) in [5.41, 5.74) is 4.84. The van der Waals surface area contributed by atoms with Gasteiger partial charge in [-0.05, 0) is 55.7 Å². The van der Waals surface area contributed by atoms with E-state index in [1.807, 2.05) is 37.4 Å². The van der Waals surface area contributed by atoms with Crippen molar-refractivity contribution in [1.82, 2.24) is 19.7 Å². The van der Waals surface area contributed by atoms with E-state index in [4.69, 9.17) is 4.99 Å². The zero-order chi connectivity index (χ0) is 22.9. The minimum atomic E-state index is -0.255. The molecule has 0 bridgehead atoms. The fraction of sp³-hybridized carbons (Fsp3) is 0.240. The van der Waals surface area contributed by atoms with Gasteiger partial charge in [0.1, 0.15) is 5.82 Å². The van der Waals surface area contributed by atoms with Crippen molar-refractivity contribution >= 4 is 38.2 Å². The van der Waals surface area contributed by atoms with E-state index in [1.54, 1.807) is 12.1 Å². The van der Waals surface area contributed by atoms with Crippen LogP contribution in [0, 0.1) is 5.82 Å². The van der Waals surface area contributed by atoms with Gasteiger partial charge in [0, 0.05) is 35.1 Å². The Morgan fingerprint density at radius 2 is 2.06 bits per heavy atom. The van der Waals surface area contributed by atoms with Crippen LogP contribution in [0.1, 0.15) is 37.1 Å². The highest BCUT2D eigenvalue weighted by atomic mass is 32.1. The maximum absolute atomic E-state index is 13.7. The zero-order valence-corrected chi connectivity index (χ0v) is 19.3. The predicted octanol–water partition coefficient (Wildman–Crippen LogP) is 5.40. The summed E-state index contributed by atoms with van der Waals surface area (Å²) >= 11 is 1.48. The number of halogens is 1. The predicted molar refractivity (Wildman–Crippen MR) is 133 cm³/mol. The van der Waals surface area contributed by atoms with Crippen LogP contribution in [0.5, 0.6) is 0 Å². The van der Waals surface area contributed by atoms with Crippen molar-refractivity contribution in [3.05, 3.63) is 81.7 Å². The monoisotopic (exact) mass is 461 g/mol. The van der Waals surface area contributed by atoms with Crippen molar-refractivity contribution in [2.45, 2.75) is 33.1 Å². The Morgan fingerprint density at radius 3 is 2.88 bits per heavy atom. The number of aromatic amines is 2. The van der Waals surface area contributed by atoms with E-state index in [0.717, 1.165) is 45.2 Å². The SMILES string of the molecule is CCCc1[nH]n(-c2nc3ccccc3s2)c(=O)c1C(C)=NCCc1c[nH]c2ccc(F)cc12. The van der Waals surface area contributed by atoms with E-state index in [9.17, 15) is 9.18 Å². The minimum absolute atomic E-state index is 0.132. The zero-order valence-electron chi connectivity index (χ0n) is 18.5. The highest BCUT2D eigenvalue weighted by molar-refractivity contribution is 7.20. The van der Waals surface area contributed by atoms with Gasteiger partial charge in [0.2, 0.25) is 5.13 Å². The number of aliphatic imine (C=N–C) groups is 1. The molecule has 0 spiro atoms. The van der Waals surface area contributed by atoms with Gasteiger partial charge in [0.05, 0.1) is 15.8 Å². The van der Waals surface area contributed by atoms with Crippen molar-refractivity contribution in [3.63, 3.8) is 0 Å². The third-order valence-electron chi connectivity index (χ3n) is 5.76. The largest absolute Gasteiger partial charge is 0.361 e. The molecule has 0 radical (unpaired) electrons. The molecule has 3 heterocycles. The molecule has 0 atom stereocenters. The first-order chi connectivity index (χ1) is 16.0. The van der Waals surface area contributed by atoms with Crippen LogP contribution in [0.15, 0.2) is 58.4 Å². The Labute approximate surface area is 193 Å². The third-order valence-corrected chi connectivity index (χ3v) is 6.78. The lowest BCUT2D eigenvalue weighted by Gasteiger charge is -2.02. The van der Waals surface area contributed by atoms with Crippen molar-refractivity contribution in [1.29, 1.82) is 0 Å². The average molecular weight is 462 g/mol. The van der Waals surface area contributed by atoms with Crippen LogP contribution in [-0.4, -0.2) is 32.0 Å². The lowest BCUT2D eigenvalue weighted by atomic mass is 10.1. The summed E-state index contributed by atoms with van der Waals surface area (Å²) < 4.78 is 16.2. The second-order valence-corrected chi connectivity index (χ2v) is 9.05. The maximum Gasteiger partial charge on any atom is 0.282 e. The number of para-hydroxylation sites is 1. The summed E-state index contributed by atoms with van der Waals surface area (Å²) in [6, 6.07) is 12.6. The quantitative estimate of drug-likeness (QED) is 0.318. The van der Waals surface area contributed by atoms with E-state index in [2.05, 4.69) is 22.0 Å². The summed E-state index contributed by atoms with van der Waals surface area (Å²) in [7, 11) is 0.